The lowest BCUT2D eigenvalue weighted by Crippen LogP contribution is -2.40. The second-order valence-electron chi connectivity index (χ2n) is 7.15. The van der Waals surface area contributed by atoms with Crippen LogP contribution in [0.4, 0.5) is 5.69 Å². The van der Waals surface area contributed by atoms with E-state index in [1.165, 1.54) is 15.9 Å². The molecule has 0 atom stereocenters. The van der Waals surface area contributed by atoms with Crippen molar-refractivity contribution in [1.82, 2.24) is 4.31 Å². The summed E-state index contributed by atoms with van der Waals surface area (Å²) in [6.07, 6.45) is 0. The Kier molecular flexibility index (Phi) is 6.74. The van der Waals surface area contributed by atoms with Gasteiger partial charge in [-0.25, -0.2) is 8.42 Å². The molecule has 2 aliphatic heterocycles. The van der Waals surface area contributed by atoms with Gasteiger partial charge in [-0.2, -0.15) is 4.31 Å². The summed E-state index contributed by atoms with van der Waals surface area (Å²) in [4.78, 5) is 12.9. The average Bonchev–Trinajstić information content (AvgIpc) is 3.31. The first-order valence-corrected chi connectivity index (χ1v) is 13.3. The smallest absolute Gasteiger partial charge is 0.255 e. The second-order valence-corrected chi connectivity index (χ2v) is 11.8. The van der Waals surface area contributed by atoms with Crippen LogP contribution in [-0.2, 0) is 14.8 Å². The largest absolute Gasteiger partial charge is 0.379 e. The molecule has 2 fully saturated rings. The number of aryl methyl sites for hydroxylation is 1. The normalized spacial score (nSPS) is 18.4. The molecular weight excluding hydrogens is 440 g/mol. The number of hydrogen-bond acceptors (Lipinski definition) is 6. The highest BCUT2D eigenvalue weighted by Crippen LogP contribution is 2.45. The number of rotatable bonds is 5. The number of ether oxygens (including phenoxy) is 1. The Bertz CT molecular complexity index is 1010. The van der Waals surface area contributed by atoms with Gasteiger partial charge in [0.15, 0.2) is 0 Å². The molecule has 160 valence electrons. The molecule has 0 saturated carbocycles. The van der Waals surface area contributed by atoms with E-state index in [1.807, 2.05) is 47.8 Å². The van der Waals surface area contributed by atoms with Crippen LogP contribution in [-0.4, -0.2) is 56.4 Å². The number of morpholine rings is 1. The van der Waals surface area contributed by atoms with Crippen molar-refractivity contribution in [2.24, 2.45) is 0 Å². The third kappa shape index (κ3) is 4.70. The zero-order chi connectivity index (χ0) is 21.1. The lowest BCUT2D eigenvalue weighted by Gasteiger charge is -2.26. The molecule has 0 spiro atoms. The molecule has 6 nitrogen and oxygen atoms in total. The monoisotopic (exact) mass is 464 g/mol. The summed E-state index contributed by atoms with van der Waals surface area (Å²) in [6.45, 7) is 3.21. The number of nitrogens with zero attached hydrogens (tertiary/aromatic N) is 1. The van der Waals surface area contributed by atoms with E-state index in [-0.39, 0.29) is 10.8 Å². The lowest BCUT2D eigenvalue weighted by atomic mass is 10.1. The van der Waals surface area contributed by atoms with E-state index in [2.05, 4.69) is 5.32 Å². The Morgan fingerprint density at radius 1 is 1.07 bits per heavy atom. The van der Waals surface area contributed by atoms with Crippen LogP contribution in [0.15, 0.2) is 47.4 Å². The minimum atomic E-state index is -3.63. The first-order chi connectivity index (χ1) is 14.4. The van der Waals surface area contributed by atoms with Gasteiger partial charge in [0.25, 0.3) is 5.91 Å². The van der Waals surface area contributed by atoms with E-state index >= 15 is 0 Å². The van der Waals surface area contributed by atoms with E-state index in [4.69, 9.17) is 4.74 Å². The molecule has 2 aromatic rings. The summed E-state index contributed by atoms with van der Waals surface area (Å²) >= 11 is 3.85. The van der Waals surface area contributed by atoms with Gasteiger partial charge in [-0.1, -0.05) is 18.2 Å². The number of nitrogens with one attached hydrogen (secondary N) is 1. The molecule has 2 saturated heterocycles. The molecule has 9 heteroatoms. The summed E-state index contributed by atoms with van der Waals surface area (Å²) < 4.78 is 33.2. The summed E-state index contributed by atoms with van der Waals surface area (Å²) in [6, 6.07) is 12.6. The van der Waals surface area contributed by atoms with Crippen LogP contribution in [0.3, 0.4) is 0 Å². The predicted octanol–water partition coefficient (Wildman–Crippen LogP) is 3.75. The Hall–Kier alpha value is -1.52. The quantitative estimate of drug-likeness (QED) is 0.726. The van der Waals surface area contributed by atoms with Gasteiger partial charge >= 0.3 is 0 Å². The molecule has 1 N–H and O–H groups in total. The Morgan fingerprint density at radius 2 is 1.73 bits per heavy atom. The number of sulfonamides is 1. The number of benzene rings is 2. The topological polar surface area (TPSA) is 75.7 Å². The van der Waals surface area contributed by atoms with E-state index < -0.39 is 10.0 Å². The zero-order valence-electron chi connectivity index (χ0n) is 16.7. The number of anilines is 1. The highest BCUT2D eigenvalue weighted by Gasteiger charge is 2.28. The fourth-order valence-corrected chi connectivity index (χ4v) is 7.95. The number of thioether (sulfide) groups is 2. The van der Waals surface area contributed by atoms with Crippen LogP contribution in [0.25, 0.3) is 0 Å². The predicted molar refractivity (Wildman–Crippen MR) is 123 cm³/mol. The first-order valence-electron chi connectivity index (χ1n) is 9.78. The van der Waals surface area contributed by atoms with E-state index in [9.17, 15) is 13.2 Å². The Balaban J connectivity index is 1.50. The maximum Gasteiger partial charge on any atom is 0.255 e. The van der Waals surface area contributed by atoms with Crippen LogP contribution >= 0.6 is 23.5 Å². The minimum Gasteiger partial charge on any atom is -0.379 e. The molecule has 0 radical (unpaired) electrons. The van der Waals surface area contributed by atoms with Gasteiger partial charge in [-0.15, -0.1) is 23.5 Å². The van der Waals surface area contributed by atoms with Gasteiger partial charge in [0.2, 0.25) is 10.0 Å². The molecule has 0 unspecified atom stereocenters. The third-order valence-electron chi connectivity index (χ3n) is 5.10. The van der Waals surface area contributed by atoms with Gasteiger partial charge < -0.3 is 10.1 Å². The third-order valence-corrected chi connectivity index (χ3v) is 10.2. The maximum absolute atomic E-state index is 13.0. The average molecular weight is 465 g/mol. The van der Waals surface area contributed by atoms with Gasteiger partial charge in [0.05, 0.1) is 22.7 Å². The van der Waals surface area contributed by atoms with Gasteiger partial charge in [0, 0.05) is 35.8 Å². The number of carbonyl (C=O) groups excluding carboxylic acids is 1. The molecule has 1 amide bonds. The van der Waals surface area contributed by atoms with Crippen molar-refractivity contribution < 1.29 is 17.9 Å². The minimum absolute atomic E-state index is 0.216. The molecule has 0 bridgehead atoms. The second kappa shape index (κ2) is 9.32. The molecule has 2 aliphatic rings. The maximum atomic E-state index is 13.0. The summed E-state index contributed by atoms with van der Waals surface area (Å²) in [5.74, 6) is 2.05. The number of carbonyl (C=O) groups is 1. The summed E-state index contributed by atoms with van der Waals surface area (Å²) in [5.41, 5.74) is 2.87. The van der Waals surface area contributed by atoms with Gasteiger partial charge in [0.1, 0.15) is 0 Å². The van der Waals surface area contributed by atoms with Gasteiger partial charge in [-0.3, -0.25) is 4.79 Å². The van der Waals surface area contributed by atoms with E-state index in [1.54, 1.807) is 19.1 Å². The standard InChI is InChI=1S/C21H24N2O4S3/c1-15-2-7-18(14-19(15)30(25,26)23-8-10-27-11-9-23)22-20(24)16-3-5-17(6-4-16)21-28-12-13-29-21/h2-7,14,21H,8-13H2,1H3,(H,22,24). The molecule has 0 aliphatic carbocycles. The Labute approximate surface area is 185 Å². The van der Waals surface area contributed by atoms with Gasteiger partial charge in [-0.05, 0) is 42.3 Å². The van der Waals surface area contributed by atoms with Crippen molar-refractivity contribution in [2.45, 2.75) is 16.4 Å². The van der Waals surface area contributed by atoms with Crippen LogP contribution in [0.5, 0.6) is 0 Å². The fourth-order valence-electron chi connectivity index (χ4n) is 3.43. The van der Waals surface area contributed by atoms with Crippen LogP contribution in [0.1, 0.15) is 26.1 Å². The van der Waals surface area contributed by atoms with E-state index in [0.29, 0.717) is 47.7 Å². The summed E-state index contributed by atoms with van der Waals surface area (Å²) in [5, 5.41) is 2.83. The number of amides is 1. The van der Waals surface area contributed by atoms with Crippen LogP contribution in [0.2, 0.25) is 0 Å². The van der Waals surface area contributed by atoms with Crippen molar-refractivity contribution in [3.05, 3.63) is 59.2 Å². The number of hydrogen-bond donors (Lipinski definition) is 1. The molecule has 0 aromatic heterocycles. The molecule has 30 heavy (non-hydrogen) atoms. The molecule has 2 aromatic carbocycles. The fraction of sp³-hybridized carbons (Fsp3) is 0.381. The zero-order valence-corrected chi connectivity index (χ0v) is 19.1. The van der Waals surface area contributed by atoms with E-state index in [0.717, 1.165) is 11.5 Å². The lowest BCUT2D eigenvalue weighted by molar-refractivity contribution is 0.0730. The van der Waals surface area contributed by atoms with Crippen LogP contribution in [0, 0.1) is 6.92 Å². The van der Waals surface area contributed by atoms with Crippen molar-refractivity contribution >= 4 is 45.1 Å². The van der Waals surface area contributed by atoms with Crippen molar-refractivity contribution in [3.8, 4) is 0 Å². The van der Waals surface area contributed by atoms with Crippen molar-refractivity contribution in [3.63, 3.8) is 0 Å². The summed E-state index contributed by atoms with van der Waals surface area (Å²) in [7, 11) is -3.63. The van der Waals surface area contributed by atoms with Crippen molar-refractivity contribution in [1.29, 1.82) is 0 Å². The highest BCUT2D eigenvalue weighted by molar-refractivity contribution is 8.19. The SMILES string of the molecule is Cc1ccc(NC(=O)c2ccc(C3SCCS3)cc2)cc1S(=O)(=O)N1CCOCC1. The molecule has 4 rings (SSSR count). The first kappa shape index (κ1) is 21.7. The molecule has 2 heterocycles. The molecular formula is C21H24N2O4S3. The Morgan fingerprint density at radius 3 is 2.40 bits per heavy atom. The van der Waals surface area contributed by atoms with Crippen molar-refractivity contribution in [2.75, 3.05) is 43.1 Å². The van der Waals surface area contributed by atoms with Crippen LogP contribution < -0.4 is 5.32 Å². The highest BCUT2D eigenvalue weighted by atomic mass is 32.2.